The van der Waals surface area contributed by atoms with Gasteiger partial charge in [-0.3, -0.25) is 4.79 Å². The first-order valence-electron chi connectivity index (χ1n) is 7.48. The van der Waals surface area contributed by atoms with Gasteiger partial charge in [-0.15, -0.1) is 0 Å². The summed E-state index contributed by atoms with van der Waals surface area (Å²) in [5.41, 5.74) is 5.53. The van der Waals surface area contributed by atoms with Gasteiger partial charge in [0.2, 0.25) is 5.91 Å². The van der Waals surface area contributed by atoms with Gasteiger partial charge in [0.15, 0.2) is 0 Å². The average molecular weight is 296 g/mol. The molecule has 22 heavy (non-hydrogen) atoms. The third kappa shape index (κ3) is 3.28. The fourth-order valence-corrected chi connectivity index (χ4v) is 2.71. The zero-order valence-corrected chi connectivity index (χ0v) is 12.7. The number of methoxy groups -OCH3 is 1. The number of carbonyl (C=O) groups excluding carboxylic acids is 1. The lowest BCUT2D eigenvalue weighted by Gasteiger charge is -2.18. The smallest absolute Gasteiger partial charge is 0.224 e. The summed E-state index contributed by atoms with van der Waals surface area (Å²) in [6.07, 6.45) is 1.39. The van der Waals surface area contributed by atoms with Crippen LogP contribution in [0.3, 0.4) is 0 Å². The number of hydrogen-bond acceptors (Lipinski definition) is 3. The van der Waals surface area contributed by atoms with Crippen LogP contribution in [0.1, 0.15) is 23.1 Å². The fourth-order valence-electron chi connectivity index (χ4n) is 2.71. The zero-order valence-electron chi connectivity index (χ0n) is 12.7. The van der Waals surface area contributed by atoms with E-state index in [-0.39, 0.29) is 5.91 Å². The van der Waals surface area contributed by atoms with Crippen molar-refractivity contribution in [2.75, 3.05) is 17.7 Å². The second-order valence-corrected chi connectivity index (χ2v) is 5.48. The third-order valence-electron chi connectivity index (χ3n) is 3.91. The summed E-state index contributed by atoms with van der Waals surface area (Å²) in [7, 11) is 1.70. The van der Waals surface area contributed by atoms with Gasteiger partial charge in [0.05, 0.1) is 6.61 Å². The molecule has 2 aromatic rings. The second-order valence-electron chi connectivity index (χ2n) is 5.48. The van der Waals surface area contributed by atoms with Gasteiger partial charge in [-0.05, 0) is 35.2 Å². The Balaban J connectivity index is 1.72. The molecule has 0 bridgehead atoms. The van der Waals surface area contributed by atoms with Crippen molar-refractivity contribution < 1.29 is 9.53 Å². The summed E-state index contributed by atoms with van der Waals surface area (Å²) >= 11 is 0. The molecule has 0 radical (unpaired) electrons. The van der Waals surface area contributed by atoms with Gasteiger partial charge in [-0.1, -0.05) is 30.3 Å². The predicted octanol–water partition coefficient (Wildman–Crippen LogP) is 3.33. The van der Waals surface area contributed by atoms with Crippen LogP contribution in [0.2, 0.25) is 0 Å². The van der Waals surface area contributed by atoms with E-state index in [9.17, 15) is 4.79 Å². The normalized spacial score (nSPS) is 13.4. The molecule has 1 aliphatic heterocycles. The molecule has 4 nitrogen and oxygen atoms in total. The number of anilines is 2. The molecule has 0 unspecified atom stereocenters. The Hall–Kier alpha value is -2.33. The molecule has 2 N–H and O–H groups in total. The molecule has 0 aliphatic carbocycles. The van der Waals surface area contributed by atoms with Crippen LogP contribution in [0.4, 0.5) is 11.4 Å². The number of aryl methyl sites for hydroxylation is 1. The van der Waals surface area contributed by atoms with Crippen LogP contribution in [0.5, 0.6) is 0 Å². The molecule has 4 heteroatoms. The monoisotopic (exact) mass is 296 g/mol. The standard InChI is InChI=1S/C18H20N2O2/c1-22-12-15-5-3-2-4-14(15)11-19-16-8-6-13-7-9-18(21)20-17(13)10-16/h2-6,8,10,19H,7,9,11-12H2,1H3,(H,20,21). The highest BCUT2D eigenvalue weighted by molar-refractivity contribution is 5.94. The number of benzene rings is 2. The Morgan fingerprint density at radius 2 is 1.95 bits per heavy atom. The van der Waals surface area contributed by atoms with Crippen LogP contribution >= 0.6 is 0 Å². The SMILES string of the molecule is COCc1ccccc1CNc1ccc2c(c1)NC(=O)CC2. The molecule has 1 heterocycles. The summed E-state index contributed by atoms with van der Waals surface area (Å²) in [5, 5.41) is 6.35. The maximum absolute atomic E-state index is 11.5. The van der Waals surface area contributed by atoms with Gasteiger partial charge in [-0.2, -0.15) is 0 Å². The Morgan fingerprint density at radius 1 is 1.14 bits per heavy atom. The van der Waals surface area contributed by atoms with Crippen molar-refractivity contribution in [3.8, 4) is 0 Å². The van der Waals surface area contributed by atoms with E-state index in [1.54, 1.807) is 7.11 Å². The lowest BCUT2D eigenvalue weighted by molar-refractivity contribution is -0.116. The lowest BCUT2D eigenvalue weighted by atomic mass is 10.0. The maximum atomic E-state index is 11.5. The van der Waals surface area contributed by atoms with Gasteiger partial charge in [0.1, 0.15) is 0 Å². The Kier molecular flexibility index (Phi) is 4.39. The van der Waals surface area contributed by atoms with E-state index in [1.807, 2.05) is 18.2 Å². The van der Waals surface area contributed by atoms with E-state index in [0.29, 0.717) is 13.0 Å². The predicted molar refractivity (Wildman–Crippen MR) is 87.9 cm³/mol. The number of amides is 1. The molecule has 1 amide bonds. The van der Waals surface area contributed by atoms with Crippen molar-refractivity contribution in [2.45, 2.75) is 26.0 Å². The van der Waals surface area contributed by atoms with E-state index in [2.05, 4.69) is 34.9 Å². The van der Waals surface area contributed by atoms with Crippen molar-refractivity contribution in [2.24, 2.45) is 0 Å². The van der Waals surface area contributed by atoms with Crippen molar-refractivity contribution in [3.63, 3.8) is 0 Å². The molecule has 0 saturated carbocycles. The van der Waals surface area contributed by atoms with Gasteiger partial charge in [-0.25, -0.2) is 0 Å². The lowest BCUT2D eigenvalue weighted by Crippen LogP contribution is -2.19. The first-order chi connectivity index (χ1) is 10.8. The molecule has 3 rings (SSSR count). The first-order valence-corrected chi connectivity index (χ1v) is 7.48. The van der Waals surface area contributed by atoms with Crippen LogP contribution in [0.25, 0.3) is 0 Å². The molecule has 0 atom stereocenters. The summed E-state index contributed by atoms with van der Waals surface area (Å²) < 4.78 is 5.23. The van der Waals surface area contributed by atoms with E-state index >= 15 is 0 Å². The minimum Gasteiger partial charge on any atom is -0.381 e. The molecule has 1 aliphatic rings. The van der Waals surface area contributed by atoms with Crippen molar-refractivity contribution >= 4 is 17.3 Å². The quantitative estimate of drug-likeness (QED) is 0.890. The van der Waals surface area contributed by atoms with Crippen LogP contribution < -0.4 is 10.6 Å². The highest BCUT2D eigenvalue weighted by Crippen LogP contribution is 2.26. The van der Waals surface area contributed by atoms with Crippen LogP contribution in [-0.4, -0.2) is 13.0 Å². The fraction of sp³-hybridized carbons (Fsp3) is 0.278. The summed E-state index contributed by atoms with van der Waals surface area (Å²) in [6, 6.07) is 14.4. The Bertz CT molecular complexity index is 683. The minimum absolute atomic E-state index is 0.0927. The van der Waals surface area contributed by atoms with E-state index in [1.165, 1.54) is 16.7 Å². The molecule has 0 spiro atoms. The molecule has 2 aromatic carbocycles. The number of nitrogens with one attached hydrogen (secondary N) is 2. The second kappa shape index (κ2) is 6.62. The molecular weight excluding hydrogens is 276 g/mol. The molecule has 0 fully saturated rings. The zero-order chi connectivity index (χ0) is 15.4. The number of hydrogen-bond donors (Lipinski definition) is 2. The number of carbonyl (C=O) groups is 1. The van der Waals surface area contributed by atoms with Crippen molar-refractivity contribution in [1.29, 1.82) is 0 Å². The van der Waals surface area contributed by atoms with E-state index in [4.69, 9.17) is 4.74 Å². The van der Waals surface area contributed by atoms with E-state index in [0.717, 1.165) is 24.3 Å². The number of ether oxygens (including phenoxy) is 1. The summed E-state index contributed by atoms with van der Waals surface area (Å²) in [5.74, 6) is 0.0927. The maximum Gasteiger partial charge on any atom is 0.224 e. The third-order valence-corrected chi connectivity index (χ3v) is 3.91. The number of fused-ring (bicyclic) bond motifs is 1. The first kappa shape index (κ1) is 14.6. The highest BCUT2D eigenvalue weighted by atomic mass is 16.5. The molecular formula is C18H20N2O2. The summed E-state index contributed by atoms with van der Waals surface area (Å²) in [6.45, 7) is 1.34. The Morgan fingerprint density at radius 3 is 2.77 bits per heavy atom. The van der Waals surface area contributed by atoms with Crippen molar-refractivity contribution in [3.05, 3.63) is 59.2 Å². The van der Waals surface area contributed by atoms with Crippen LogP contribution in [0.15, 0.2) is 42.5 Å². The van der Waals surface area contributed by atoms with Gasteiger partial charge < -0.3 is 15.4 Å². The highest BCUT2D eigenvalue weighted by Gasteiger charge is 2.14. The average Bonchev–Trinajstić information content (AvgIpc) is 2.54. The van der Waals surface area contributed by atoms with Gasteiger partial charge >= 0.3 is 0 Å². The van der Waals surface area contributed by atoms with Crippen LogP contribution in [-0.2, 0) is 29.1 Å². The van der Waals surface area contributed by atoms with Crippen molar-refractivity contribution in [1.82, 2.24) is 0 Å². The van der Waals surface area contributed by atoms with Gasteiger partial charge in [0, 0.05) is 31.5 Å². The minimum atomic E-state index is 0.0927. The van der Waals surface area contributed by atoms with Gasteiger partial charge in [0.25, 0.3) is 0 Å². The molecule has 0 aromatic heterocycles. The van der Waals surface area contributed by atoms with Crippen LogP contribution in [0, 0.1) is 0 Å². The summed E-state index contributed by atoms with van der Waals surface area (Å²) in [4.78, 5) is 11.5. The topological polar surface area (TPSA) is 50.4 Å². The molecule has 0 saturated heterocycles. The number of rotatable bonds is 5. The Labute approximate surface area is 130 Å². The largest absolute Gasteiger partial charge is 0.381 e. The van der Waals surface area contributed by atoms with E-state index < -0.39 is 0 Å². The molecule has 114 valence electrons.